The zero-order valence-corrected chi connectivity index (χ0v) is 13.1. The first kappa shape index (κ1) is 15.4. The van der Waals surface area contributed by atoms with Crippen LogP contribution < -0.4 is 15.8 Å². The monoisotopic (exact) mass is 311 g/mol. The van der Waals surface area contributed by atoms with E-state index < -0.39 is 5.60 Å². The number of nitrogens with two attached hydrogens (primary N) is 1. The number of ether oxygens (including phenoxy) is 1. The first-order valence-electron chi connectivity index (χ1n) is 7.62. The van der Waals surface area contributed by atoms with Crippen LogP contribution in [0.4, 0.5) is 5.69 Å². The zero-order valence-electron chi connectivity index (χ0n) is 13.1. The van der Waals surface area contributed by atoms with Gasteiger partial charge in [-0.2, -0.15) is 0 Å². The van der Waals surface area contributed by atoms with Crippen LogP contribution in [-0.4, -0.2) is 24.7 Å². The van der Waals surface area contributed by atoms with Gasteiger partial charge < -0.3 is 20.9 Å². The molecule has 0 saturated heterocycles. The van der Waals surface area contributed by atoms with Crippen molar-refractivity contribution < 1.29 is 9.84 Å². The Morgan fingerprint density at radius 3 is 2.96 bits per heavy atom. The highest BCUT2D eigenvalue weighted by Crippen LogP contribution is 2.36. The lowest BCUT2D eigenvalue weighted by Gasteiger charge is -2.22. The molecule has 23 heavy (non-hydrogen) atoms. The molecular formula is C18H21N3O2. The van der Waals surface area contributed by atoms with Gasteiger partial charge in [0.1, 0.15) is 11.4 Å². The van der Waals surface area contributed by atoms with Crippen LogP contribution in [0.3, 0.4) is 0 Å². The van der Waals surface area contributed by atoms with E-state index in [1.807, 2.05) is 42.5 Å². The molecule has 5 heteroatoms. The molecule has 0 spiro atoms. The van der Waals surface area contributed by atoms with E-state index in [9.17, 15) is 5.11 Å². The summed E-state index contributed by atoms with van der Waals surface area (Å²) in [5.74, 6) is 1.02. The molecule has 0 radical (unpaired) electrons. The number of rotatable bonds is 4. The Labute approximate surface area is 135 Å². The van der Waals surface area contributed by atoms with Gasteiger partial charge in [0, 0.05) is 11.8 Å². The second-order valence-corrected chi connectivity index (χ2v) is 5.75. The van der Waals surface area contributed by atoms with Crippen molar-refractivity contribution in [3.8, 4) is 5.75 Å². The van der Waals surface area contributed by atoms with E-state index in [1.54, 1.807) is 7.11 Å². The molecule has 0 aliphatic heterocycles. The number of methoxy groups -OCH3 is 1. The van der Waals surface area contributed by atoms with Crippen molar-refractivity contribution in [1.29, 1.82) is 0 Å². The summed E-state index contributed by atoms with van der Waals surface area (Å²) in [5.41, 5.74) is 7.94. The first-order chi connectivity index (χ1) is 11.1. The SMILES string of the molecule is COc1cccc(NC(N)=NCC2(O)CCc3ccccc32)c1. The smallest absolute Gasteiger partial charge is 0.193 e. The van der Waals surface area contributed by atoms with Crippen LogP contribution in [0.1, 0.15) is 17.5 Å². The fraction of sp³-hybridized carbons (Fsp3) is 0.278. The number of anilines is 1. The van der Waals surface area contributed by atoms with Gasteiger partial charge in [-0.3, -0.25) is 0 Å². The number of hydrogen-bond donors (Lipinski definition) is 3. The average molecular weight is 311 g/mol. The third-order valence-corrected chi connectivity index (χ3v) is 4.18. The van der Waals surface area contributed by atoms with Crippen LogP contribution >= 0.6 is 0 Å². The Morgan fingerprint density at radius 2 is 2.13 bits per heavy atom. The lowest BCUT2D eigenvalue weighted by atomic mass is 9.96. The lowest BCUT2D eigenvalue weighted by molar-refractivity contribution is 0.0487. The van der Waals surface area contributed by atoms with Crippen LogP contribution in [0.15, 0.2) is 53.5 Å². The largest absolute Gasteiger partial charge is 0.497 e. The molecule has 1 aliphatic carbocycles. The zero-order chi connectivity index (χ0) is 16.3. The molecule has 120 valence electrons. The molecule has 4 N–H and O–H groups in total. The second kappa shape index (κ2) is 6.30. The van der Waals surface area contributed by atoms with Gasteiger partial charge in [0.15, 0.2) is 5.96 Å². The van der Waals surface area contributed by atoms with Crippen LogP contribution in [0.5, 0.6) is 5.75 Å². The van der Waals surface area contributed by atoms with E-state index in [0.717, 1.165) is 23.4 Å². The minimum Gasteiger partial charge on any atom is -0.497 e. The van der Waals surface area contributed by atoms with Gasteiger partial charge in [0.05, 0.1) is 13.7 Å². The van der Waals surface area contributed by atoms with Crippen molar-refractivity contribution in [2.75, 3.05) is 19.0 Å². The number of benzene rings is 2. The number of aryl methyl sites for hydroxylation is 1. The predicted molar refractivity (Wildman–Crippen MR) is 91.8 cm³/mol. The van der Waals surface area contributed by atoms with Gasteiger partial charge in [-0.1, -0.05) is 30.3 Å². The van der Waals surface area contributed by atoms with E-state index in [4.69, 9.17) is 10.5 Å². The Kier molecular flexibility index (Phi) is 4.21. The molecule has 1 atom stereocenters. The summed E-state index contributed by atoms with van der Waals surface area (Å²) in [4.78, 5) is 4.32. The molecule has 0 amide bonds. The number of fused-ring (bicyclic) bond motifs is 1. The highest BCUT2D eigenvalue weighted by Gasteiger charge is 2.36. The van der Waals surface area contributed by atoms with Gasteiger partial charge in [-0.05, 0) is 36.1 Å². The van der Waals surface area contributed by atoms with Crippen molar-refractivity contribution >= 4 is 11.6 Å². The normalized spacial score (nSPS) is 20.2. The third-order valence-electron chi connectivity index (χ3n) is 4.18. The third kappa shape index (κ3) is 3.29. The quantitative estimate of drug-likeness (QED) is 0.598. The molecule has 1 unspecified atom stereocenters. The first-order valence-corrected chi connectivity index (χ1v) is 7.62. The highest BCUT2D eigenvalue weighted by atomic mass is 16.5. The molecule has 0 heterocycles. The summed E-state index contributed by atoms with van der Waals surface area (Å²) >= 11 is 0. The predicted octanol–water partition coefficient (Wildman–Crippen LogP) is 2.26. The van der Waals surface area contributed by atoms with Crippen molar-refractivity contribution in [3.05, 3.63) is 59.7 Å². The Hall–Kier alpha value is -2.53. The summed E-state index contributed by atoms with van der Waals surface area (Å²) in [7, 11) is 1.61. The topological polar surface area (TPSA) is 79.9 Å². The average Bonchev–Trinajstić information content (AvgIpc) is 2.91. The number of nitrogens with one attached hydrogen (secondary N) is 1. The summed E-state index contributed by atoms with van der Waals surface area (Å²) in [5, 5.41) is 13.8. The van der Waals surface area contributed by atoms with Gasteiger partial charge in [-0.25, -0.2) is 4.99 Å². The summed E-state index contributed by atoms with van der Waals surface area (Å²) in [6.45, 7) is 0.243. The van der Waals surface area contributed by atoms with E-state index in [-0.39, 0.29) is 12.5 Å². The highest BCUT2D eigenvalue weighted by molar-refractivity contribution is 5.92. The summed E-state index contributed by atoms with van der Waals surface area (Å²) < 4.78 is 5.17. The Balaban J connectivity index is 1.70. The minimum atomic E-state index is -0.933. The molecular weight excluding hydrogens is 290 g/mol. The van der Waals surface area contributed by atoms with Crippen molar-refractivity contribution in [1.82, 2.24) is 0 Å². The molecule has 3 rings (SSSR count). The molecule has 0 bridgehead atoms. The molecule has 1 aliphatic rings. The molecule has 5 nitrogen and oxygen atoms in total. The number of nitrogens with zero attached hydrogens (tertiary/aromatic N) is 1. The number of aliphatic hydroxyl groups is 1. The van der Waals surface area contributed by atoms with Crippen LogP contribution in [-0.2, 0) is 12.0 Å². The molecule has 0 fully saturated rings. The lowest BCUT2D eigenvalue weighted by Crippen LogP contribution is -2.30. The van der Waals surface area contributed by atoms with Gasteiger partial charge >= 0.3 is 0 Å². The number of aliphatic imine (C=N–C) groups is 1. The number of hydrogen-bond acceptors (Lipinski definition) is 3. The Morgan fingerprint density at radius 1 is 1.30 bits per heavy atom. The standard InChI is InChI=1S/C18H21N3O2/c1-23-15-7-4-6-14(11-15)21-17(19)20-12-18(22)10-9-13-5-2-3-8-16(13)18/h2-8,11,22H,9-10,12H2,1H3,(H3,19,20,21). The summed E-state index contributed by atoms with van der Waals surface area (Å²) in [6.07, 6.45) is 1.54. The minimum absolute atomic E-state index is 0.243. The van der Waals surface area contributed by atoms with E-state index in [0.29, 0.717) is 6.42 Å². The van der Waals surface area contributed by atoms with Gasteiger partial charge in [-0.15, -0.1) is 0 Å². The van der Waals surface area contributed by atoms with E-state index in [1.165, 1.54) is 5.56 Å². The van der Waals surface area contributed by atoms with E-state index in [2.05, 4.69) is 16.4 Å². The fourth-order valence-electron chi connectivity index (χ4n) is 2.94. The van der Waals surface area contributed by atoms with E-state index >= 15 is 0 Å². The second-order valence-electron chi connectivity index (χ2n) is 5.75. The Bertz CT molecular complexity index is 730. The maximum atomic E-state index is 10.8. The van der Waals surface area contributed by atoms with Crippen molar-refractivity contribution in [2.24, 2.45) is 10.7 Å². The van der Waals surface area contributed by atoms with Gasteiger partial charge in [0.25, 0.3) is 0 Å². The maximum Gasteiger partial charge on any atom is 0.193 e. The summed E-state index contributed by atoms with van der Waals surface area (Å²) in [6, 6.07) is 15.4. The molecule has 0 aromatic heterocycles. The molecule has 2 aromatic rings. The fourth-order valence-corrected chi connectivity index (χ4v) is 2.94. The maximum absolute atomic E-state index is 10.8. The van der Waals surface area contributed by atoms with Gasteiger partial charge in [0.2, 0.25) is 0 Å². The van der Waals surface area contributed by atoms with Crippen LogP contribution in [0.2, 0.25) is 0 Å². The van der Waals surface area contributed by atoms with Crippen molar-refractivity contribution in [2.45, 2.75) is 18.4 Å². The molecule has 0 saturated carbocycles. The van der Waals surface area contributed by atoms with Crippen LogP contribution in [0.25, 0.3) is 0 Å². The van der Waals surface area contributed by atoms with Crippen LogP contribution in [0, 0.1) is 0 Å². The number of guanidine groups is 1. The van der Waals surface area contributed by atoms with Crippen molar-refractivity contribution in [3.63, 3.8) is 0 Å². The molecule has 2 aromatic carbocycles.